The van der Waals surface area contributed by atoms with Crippen LogP contribution in [0.15, 0.2) is 48.7 Å². The van der Waals surface area contributed by atoms with Crippen molar-refractivity contribution in [2.45, 2.75) is 18.3 Å². The highest BCUT2D eigenvalue weighted by Crippen LogP contribution is 2.52. The van der Waals surface area contributed by atoms with Crippen LogP contribution in [0.1, 0.15) is 18.4 Å². The summed E-state index contributed by atoms with van der Waals surface area (Å²) in [4.78, 5) is 20.4. The Labute approximate surface area is 161 Å². The van der Waals surface area contributed by atoms with Crippen molar-refractivity contribution < 1.29 is 13.6 Å². The Morgan fingerprint density at radius 2 is 1.75 bits per heavy atom. The highest BCUT2D eigenvalue weighted by Gasteiger charge is 2.54. The van der Waals surface area contributed by atoms with Crippen LogP contribution in [0.2, 0.25) is 0 Å². The summed E-state index contributed by atoms with van der Waals surface area (Å²) in [6, 6.07) is 11.4. The highest BCUT2D eigenvalue weighted by molar-refractivity contribution is 5.97. The van der Waals surface area contributed by atoms with E-state index in [2.05, 4.69) is 4.98 Å². The van der Waals surface area contributed by atoms with Crippen LogP contribution >= 0.6 is 0 Å². The van der Waals surface area contributed by atoms with E-state index in [0.29, 0.717) is 31.9 Å². The Bertz CT molecular complexity index is 1050. The van der Waals surface area contributed by atoms with E-state index < -0.39 is 5.41 Å². The van der Waals surface area contributed by atoms with Crippen molar-refractivity contribution in [3.63, 3.8) is 0 Å². The molecule has 3 aromatic rings. The Morgan fingerprint density at radius 3 is 2.46 bits per heavy atom. The second-order valence-electron chi connectivity index (χ2n) is 7.71. The summed E-state index contributed by atoms with van der Waals surface area (Å²) in [5.74, 6) is -0.428. The molecule has 2 heterocycles. The maximum Gasteiger partial charge on any atom is 0.233 e. The molecule has 1 N–H and O–H groups in total. The van der Waals surface area contributed by atoms with Gasteiger partial charge in [0, 0.05) is 43.3 Å². The predicted octanol–water partition coefficient (Wildman–Crippen LogP) is 3.83. The van der Waals surface area contributed by atoms with Gasteiger partial charge in [0.1, 0.15) is 11.6 Å². The lowest BCUT2D eigenvalue weighted by atomic mass is 9.93. The minimum Gasteiger partial charge on any atom is -0.366 e. The summed E-state index contributed by atoms with van der Waals surface area (Å²) in [7, 11) is 0. The van der Waals surface area contributed by atoms with Crippen molar-refractivity contribution in [2.24, 2.45) is 0 Å². The average Bonchev–Trinajstić information content (AvgIpc) is 3.41. The van der Waals surface area contributed by atoms with Crippen LogP contribution < -0.4 is 4.90 Å². The number of rotatable bonds is 3. The third-order valence-electron chi connectivity index (χ3n) is 6.08. The van der Waals surface area contributed by atoms with E-state index in [1.165, 1.54) is 18.2 Å². The second-order valence-corrected chi connectivity index (χ2v) is 7.71. The van der Waals surface area contributed by atoms with Crippen molar-refractivity contribution in [2.75, 3.05) is 31.1 Å². The minimum absolute atomic E-state index is 0.103. The molecule has 1 saturated carbocycles. The fraction of sp³-hybridized carbons (Fsp3) is 0.318. The van der Waals surface area contributed by atoms with Gasteiger partial charge in [0.2, 0.25) is 5.91 Å². The van der Waals surface area contributed by atoms with E-state index in [4.69, 9.17) is 0 Å². The van der Waals surface area contributed by atoms with Crippen LogP contribution in [0, 0.1) is 11.6 Å². The number of carbonyl (C=O) groups excluding carboxylic acids is 1. The number of hydrogen-bond donors (Lipinski definition) is 1. The molecule has 144 valence electrons. The topological polar surface area (TPSA) is 39.3 Å². The first-order valence-electron chi connectivity index (χ1n) is 9.64. The Kier molecular flexibility index (Phi) is 3.89. The lowest BCUT2D eigenvalue weighted by Crippen LogP contribution is -2.51. The number of hydrogen-bond acceptors (Lipinski definition) is 2. The fourth-order valence-corrected chi connectivity index (χ4v) is 4.37. The van der Waals surface area contributed by atoms with Gasteiger partial charge in [-0.25, -0.2) is 8.78 Å². The first-order valence-corrected chi connectivity index (χ1v) is 9.64. The van der Waals surface area contributed by atoms with Crippen molar-refractivity contribution in [1.29, 1.82) is 0 Å². The zero-order valence-electron chi connectivity index (χ0n) is 15.4. The summed E-state index contributed by atoms with van der Waals surface area (Å²) in [5, 5.41) is 0.788. The number of aromatic nitrogens is 1. The number of aromatic amines is 1. The normalized spacial score (nSPS) is 18.5. The monoisotopic (exact) mass is 381 g/mol. The Balaban J connectivity index is 1.36. The first kappa shape index (κ1) is 17.2. The summed E-state index contributed by atoms with van der Waals surface area (Å²) in [6.45, 7) is 2.33. The number of para-hydroxylation sites is 1. The van der Waals surface area contributed by atoms with E-state index in [9.17, 15) is 13.6 Å². The zero-order valence-corrected chi connectivity index (χ0v) is 15.4. The Morgan fingerprint density at radius 1 is 1.00 bits per heavy atom. The van der Waals surface area contributed by atoms with Crippen LogP contribution in [0.5, 0.6) is 0 Å². The van der Waals surface area contributed by atoms with Gasteiger partial charge in [0.05, 0.1) is 11.1 Å². The van der Waals surface area contributed by atoms with E-state index in [0.717, 1.165) is 29.3 Å². The molecule has 2 aromatic carbocycles. The number of halogens is 2. The third-order valence-corrected chi connectivity index (χ3v) is 6.08. The number of H-pyrrole nitrogens is 1. The number of fused-ring (bicyclic) bond motifs is 1. The standard InChI is InChI=1S/C22H21F2N3O/c23-15-5-6-19-16(13-15)17(14-25-19)22(7-8-22)21(28)27-11-9-26(10-12-27)20-4-2-1-3-18(20)24/h1-6,13-14,25H,7-12H2. The Hall–Kier alpha value is -2.89. The predicted molar refractivity (Wildman–Crippen MR) is 104 cm³/mol. The van der Waals surface area contributed by atoms with Gasteiger partial charge in [-0.3, -0.25) is 4.79 Å². The van der Waals surface area contributed by atoms with Crippen LogP contribution in [-0.2, 0) is 10.2 Å². The molecule has 0 atom stereocenters. The molecule has 1 aliphatic heterocycles. The van der Waals surface area contributed by atoms with Crippen molar-refractivity contribution in [1.82, 2.24) is 9.88 Å². The summed E-state index contributed by atoms with van der Waals surface area (Å²) in [5.41, 5.74) is 1.78. The summed E-state index contributed by atoms with van der Waals surface area (Å²) < 4.78 is 27.8. The maximum atomic E-state index is 14.0. The summed E-state index contributed by atoms with van der Waals surface area (Å²) >= 11 is 0. The largest absolute Gasteiger partial charge is 0.366 e. The van der Waals surface area contributed by atoms with Gasteiger partial charge >= 0.3 is 0 Å². The van der Waals surface area contributed by atoms with Gasteiger partial charge in [-0.2, -0.15) is 0 Å². The molecule has 0 radical (unpaired) electrons. The average molecular weight is 381 g/mol. The van der Waals surface area contributed by atoms with Gasteiger partial charge in [0.15, 0.2) is 0 Å². The van der Waals surface area contributed by atoms with E-state index in [1.807, 2.05) is 22.1 Å². The third kappa shape index (κ3) is 2.66. The van der Waals surface area contributed by atoms with E-state index in [1.54, 1.807) is 18.2 Å². The molecule has 0 bridgehead atoms. The first-order chi connectivity index (χ1) is 13.6. The van der Waals surface area contributed by atoms with Gasteiger partial charge in [-0.05, 0) is 48.7 Å². The van der Waals surface area contributed by atoms with Gasteiger partial charge in [-0.1, -0.05) is 12.1 Å². The van der Waals surface area contributed by atoms with Crippen molar-refractivity contribution in [3.8, 4) is 0 Å². The molecular formula is C22H21F2N3O. The molecule has 1 saturated heterocycles. The molecule has 1 aliphatic carbocycles. The van der Waals surface area contributed by atoms with E-state index in [-0.39, 0.29) is 17.5 Å². The number of amides is 1. The molecule has 1 amide bonds. The molecule has 28 heavy (non-hydrogen) atoms. The number of nitrogens with zero attached hydrogens (tertiary/aromatic N) is 2. The van der Waals surface area contributed by atoms with Gasteiger partial charge < -0.3 is 14.8 Å². The lowest BCUT2D eigenvalue weighted by molar-refractivity contribution is -0.134. The van der Waals surface area contributed by atoms with Crippen LogP contribution in [-0.4, -0.2) is 42.0 Å². The van der Waals surface area contributed by atoms with Crippen LogP contribution in [0.25, 0.3) is 10.9 Å². The maximum absolute atomic E-state index is 14.0. The molecule has 6 heteroatoms. The molecule has 2 aliphatic rings. The number of anilines is 1. The minimum atomic E-state index is -0.549. The highest BCUT2D eigenvalue weighted by atomic mass is 19.1. The molecule has 0 spiro atoms. The second kappa shape index (κ2) is 6.33. The van der Waals surface area contributed by atoms with Gasteiger partial charge in [0.25, 0.3) is 0 Å². The van der Waals surface area contributed by atoms with Crippen LogP contribution in [0.4, 0.5) is 14.5 Å². The molecule has 5 rings (SSSR count). The molecule has 1 aromatic heterocycles. The number of piperazine rings is 1. The lowest BCUT2D eigenvalue weighted by Gasteiger charge is -2.37. The van der Waals surface area contributed by atoms with Crippen molar-refractivity contribution >= 4 is 22.5 Å². The number of nitrogens with one attached hydrogen (secondary N) is 1. The number of carbonyl (C=O) groups is 1. The van der Waals surface area contributed by atoms with Crippen LogP contribution in [0.3, 0.4) is 0 Å². The molecule has 2 fully saturated rings. The molecule has 0 unspecified atom stereocenters. The fourth-order valence-electron chi connectivity index (χ4n) is 4.37. The van der Waals surface area contributed by atoms with E-state index >= 15 is 0 Å². The summed E-state index contributed by atoms with van der Waals surface area (Å²) in [6.07, 6.45) is 3.41. The quantitative estimate of drug-likeness (QED) is 0.749. The van der Waals surface area contributed by atoms with Crippen molar-refractivity contribution in [3.05, 3.63) is 65.9 Å². The smallest absolute Gasteiger partial charge is 0.233 e. The zero-order chi connectivity index (χ0) is 19.3. The molecule has 4 nitrogen and oxygen atoms in total. The number of benzene rings is 2. The SMILES string of the molecule is O=C(N1CCN(c2ccccc2F)CC1)C1(c2c[nH]c3ccc(F)cc23)CC1. The molecular weight excluding hydrogens is 360 g/mol. The van der Waals surface area contributed by atoms with Gasteiger partial charge in [-0.15, -0.1) is 0 Å².